The number of likely N-dealkylation sites (N-methyl/N-ethyl adjacent to an activating group) is 1. The molecule has 0 aliphatic heterocycles. The Morgan fingerprint density at radius 2 is 1.80 bits per heavy atom. The SMILES string of the molecule is CN(C)CC(=O)N[C@H]1CC[C@H](NI)CC1. The van der Waals surface area contributed by atoms with E-state index in [1.807, 2.05) is 19.0 Å². The van der Waals surface area contributed by atoms with Gasteiger partial charge in [-0.3, -0.25) is 8.32 Å². The number of hydrogen-bond acceptors (Lipinski definition) is 3. The molecule has 1 rings (SSSR count). The summed E-state index contributed by atoms with van der Waals surface area (Å²) in [4.78, 5) is 13.4. The number of amides is 1. The lowest BCUT2D eigenvalue weighted by molar-refractivity contribution is -0.122. The average Bonchev–Trinajstić information content (AvgIpc) is 2.17. The molecule has 1 saturated carbocycles. The zero-order valence-corrected chi connectivity index (χ0v) is 11.6. The minimum atomic E-state index is 0.144. The van der Waals surface area contributed by atoms with Crippen LogP contribution in [-0.2, 0) is 4.79 Å². The third-order valence-corrected chi connectivity index (χ3v) is 3.59. The molecule has 0 heterocycles. The molecule has 0 saturated heterocycles. The van der Waals surface area contributed by atoms with Crippen LogP contribution >= 0.6 is 22.9 Å². The van der Waals surface area contributed by atoms with Crippen molar-refractivity contribution in [1.29, 1.82) is 0 Å². The molecule has 0 aromatic heterocycles. The number of carbonyl (C=O) groups is 1. The molecular formula is C10H20IN3O. The van der Waals surface area contributed by atoms with Crippen LogP contribution in [0.1, 0.15) is 25.7 Å². The van der Waals surface area contributed by atoms with Gasteiger partial charge in [0.2, 0.25) is 5.91 Å². The second-order valence-corrected chi connectivity index (χ2v) is 5.09. The fourth-order valence-electron chi connectivity index (χ4n) is 1.91. The highest BCUT2D eigenvalue weighted by molar-refractivity contribution is 14.1. The quantitative estimate of drug-likeness (QED) is 0.597. The highest BCUT2D eigenvalue weighted by atomic mass is 127. The Bertz CT molecular complexity index is 203. The van der Waals surface area contributed by atoms with Crippen LogP contribution in [0.2, 0.25) is 0 Å². The number of halogens is 1. The summed E-state index contributed by atoms with van der Waals surface area (Å²) in [6.45, 7) is 0.491. The molecule has 1 amide bonds. The van der Waals surface area contributed by atoms with Gasteiger partial charge in [0.25, 0.3) is 0 Å². The van der Waals surface area contributed by atoms with Crippen LogP contribution in [0.5, 0.6) is 0 Å². The van der Waals surface area contributed by atoms with Crippen molar-refractivity contribution < 1.29 is 4.79 Å². The Balaban J connectivity index is 2.20. The van der Waals surface area contributed by atoms with Crippen LogP contribution in [0, 0.1) is 0 Å². The highest BCUT2D eigenvalue weighted by Crippen LogP contribution is 2.19. The predicted octanol–water partition coefficient (Wildman–Crippen LogP) is 0.915. The zero-order valence-electron chi connectivity index (χ0n) is 9.42. The smallest absolute Gasteiger partial charge is 0.234 e. The first-order chi connectivity index (χ1) is 7.11. The van der Waals surface area contributed by atoms with Crippen LogP contribution in [0.25, 0.3) is 0 Å². The van der Waals surface area contributed by atoms with Gasteiger partial charge in [0.05, 0.1) is 6.54 Å². The molecule has 15 heavy (non-hydrogen) atoms. The van der Waals surface area contributed by atoms with Crippen molar-refractivity contribution in [2.75, 3.05) is 20.6 Å². The first-order valence-electron chi connectivity index (χ1n) is 5.42. The van der Waals surface area contributed by atoms with E-state index in [2.05, 4.69) is 31.7 Å². The van der Waals surface area contributed by atoms with E-state index in [0.29, 0.717) is 18.6 Å². The summed E-state index contributed by atoms with van der Waals surface area (Å²) < 4.78 is 3.26. The summed E-state index contributed by atoms with van der Waals surface area (Å²) >= 11 is 2.21. The fraction of sp³-hybridized carbons (Fsp3) is 0.900. The molecule has 1 aliphatic rings. The summed E-state index contributed by atoms with van der Waals surface area (Å²) in [5.74, 6) is 0.144. The largest absolute Gasteiger partial charge is 0.352 e. The Kier molecular flexibility index (Phi) is 5.84. The third-order valence-electron chi connectivity index (χ3n) is 2.71. The van der Waals surface area contributed by atoms with E-state index in [-0.39, 0.29) is 5.91 Å². The summed E-state index contributed by atoms with van der Waals surface area (Å²) in [6, 6.07) is 1.02. The van der Waals surface area contributed by atoms with Gasteiger partial charge in [-0.1, -0.05) is 0 Å². The molecule has 5 heteroatoms. The first kappa shape index (κ1) is 13.2. The number of carbonyl (C=O) groups excluding carboxylic acids is 1. The predicted molar refractivity (Wildman–Crippen MR) is 69.9 cm³/mol. The van der Waals surface area contributed by atoms with Gasteiger partial charge in [-0.15, -0.1) is 0 Å². The first-order valence-corrected chi connectivity index (χ1v) is 6.50. The lowest BCUT2D eigenvalue weighted by Crippen LogP contribution is -2.43. The van der Waals surface area contributed by atoms with E-state index in [4.69, 9.17) is 0 Å². The molecule has 0 bridgehead atoms. The van der Waals surface area contributed by atoms with E-state index in [1.165, 1.54) is 0 Å². The number of nitrogens with one attached hydrogen (secondary N) is 2. The van der Waals surface area contributed by atoms with Gasteiger partial charge < -0.3 is 10.2 Å². The van der Waals surface area contributed by atoms with Crippen molar-refractivity contribution >= 4 is 28.8 Å². The molecule has 1 fully saturated rings. The molecule has 2 N–H and O–H groups in total. The van der Waals surface area contributed by atoms with Crippen LogP contribution in [0.15, 0.2) is 0 Å². The number of rotatable bonds is 4. The van der Waals surface area contributed by atoms with Gasteiger partial charge in [0.15, 0.2) is 0 Å². The molecule has 0 unspecified atom stereocenters. The Hall–Kier alpha value is 0.120. The standard InChI is InChI=1S/C10H20IN3O/c1-14(2)7-10(15)12-8-3-5-9(13-11)6-4-8/h8-9,13H,3-7H2,1-2H3,(H,12,15)/t8-,9-. The second-order valence-electron chi connectivity index (χ2n) is 4.46. The van der Waals surface area contributed by atoms with Crippen LogP contribution in [0.3, 0.4) is 0 Å². The van der Waals surface area contributed by atoms with E-state index in [0.717, 1.165) is 25.7 Å². The van der Waals surface area contributed by atoms with Gasteiger partial charge in [-0.05, 0) is 39.8 Å². The average molecular weight is 325 g/mol. The van der Waals surface area contributed by atoms with Crippen molar-refractivity contribution in [3.8, 4) is 0 Å². The molecule has 0 aromatic carbocycles. The van der Waals surface area contributed by atoms with Gasteiger partial charge >= 0.3 is 0 Å². The Morgan fingerprint density at radius 1 is 1.27 bits per heavy atom. The third kappa shape index (κ3) is 5.12. The van der Waals surface area contributed by atoms with Crippen molar-refractivity contribution in [2.45, 2.75) is 37.8 Å². The van der Waals surface area contributed by atoms with Crippen LogP contribution < -0.4 is 8.85 Å². The molecule has 4 nitrogen and oxygen atoms in total. The summed E-state index contributed by atoms with van der Waals surface area (Å²) in [5, 5.41) is 3.08. The lowest BCUT2D eigenvalue weighted by atomic mass is 9.92. The summed E-state index contributed by atoms with van der Waals surface area (Å²) in [7, 11) is 3.83. The fourth-order valence-corrected chi connectivity index (χ4v) is 2.53. The van der Waals surface area contributed by atoms with Crippen molar-refractivity contribution in [3.63, 3.8) is 0 Å². The molecule has 1 aliphatic carbocycles. The summed E-state index contributed by atoms with van der Waals surface area (Å²) in [6.07, 6.45) is 4.52. The van der Waals surface area contributed by atoms with Crippen molar-refractivity contribution in [2.24, 2.45) is 0 Å². The normalized spacial score (nSPS) is 26.7. The molecule has 0 aromatic rings. The van der Waals surface area contributed by atoms with Gasteiger partial charge in [0.1, 0.15) is 0 Å². The maximum atomic E-state index is 11.5. The van der Waals surface area contributed by atoms with E-state index in [1.54, 1.807) is 0 Å². The van der Waals surface area contributed by atoms with E-state index >= 15 is 0 Å². The maximum Gasteiger partial charge on any atom is 0.234 e. The number of hydrogen-bond donors (Lipinski definition) is 2. The minimum Gasteiger partial charge on any atom is -0.352 e. The Labute approximate surface area is 106 Å². The van der Waals surface area contributed by atoms with Gasteiger partial charge in [0, 0.05) is 34.9 Å². The lowest BCUT2D eigenvalue weighted by Gasteiger charge is -2.28. The van der Waals surface area contributed by atoms with E-state index < -0.39 is 0 Å². The molecule has 0 spiro atoms. The number of nitrogens with zero attached hydrogens (tertiary/aromatic N) is 1. The van der Waals surface area contributed by atoms with Crippen LogP contribution in [0.4, 0.5) is 0 Å². The second kappa shape index (κ2) is 6.65. The molecule has 88 valence electrons. The summed E-state index contributed by atoms with van der Waals surface area (Å²) in [5.41, 5.74) is 0. The van der Waals surface area contributed by atoms with Gasteiger partial charge in [-0.25, -0.2) is 0 Å². The molecular weight excluding hydrogens is 305 g/mol. The molecule has 0 atom stereocenters. The van der Waals surface area contributed by atoms with Crippen LogP contribution in [-0.4, -0.2) is 43.5 Å². The zero-order chi connectivity index (χ0) is 11.3. The minimum absolute atomic E-state index is 0.144. The van der Waals surface area contributed by atoms with Crippen molar-refractivity contribution in [3.05, 3.63) is 0 Å². The van der Waals surface area contributed by atoms with Crippen molar-refractivity contribution in [1.82, 2.24) is 13.7 Å². The highest BCUT2D eigenvalue weighted by Gasteiger charge is 2.21. The Morgan fingerprint density at radius 3 is 2.27 bits per heavy atom. The van der Waals surface area contributed by atoms with Gasteiger partial charge in [-0.2, -0.15) is 0 Å². The molecule has 0 radical (unpaired) electrons. The van der Waals surface area contributed by atoms with E-state index in [9.17, 15) is 4.79 Å². The monoisotopic (exact) mass is 325 g/mol. The maximum absolute atomic E-state index is 11.5. The topological polar surface area (TPSA) is 44.4 Å².